The van der Waals surface area contributed by atoms with Crippen molar-refractivity contribution in [1.29, 1.82) is 0 Å². The first-order chi connectivity index (χ1) is 8.20. The minimum Gasteiger partial charge on any atom is -0.353 e. The van der Waals surface area contributed by atoms with Crippen molar-refractivity contribution in [2.45, 2.75) is 19.9 Å². The first-order valence-corrected chi connectivity index (χ1v) is 5.98. The van der Waals surface area contributed by atoms with Gasteiger partial charge in [0.2, 0.25) is 0 Å². The van der Waals surface area contributed by atoms with Gasteiger partial charge in [-0.15, -0.1) is 0 Å². The maximum absolute atomic E-state index is 5.33. The Bertz CT molecular complexity index is 359. The summed E-state index contributed by atoms with van der Waals surface area (Å²) in [5.74, 6) is 6.83. The van der Waals surface area contributed by atoms with E-state index in [4.69, 9.17) is 5.84 Å². The number of anilines is 2. The van der Waals surface area contributed by atoms with Gasteiger partial charge in [-0.1, -0.05) is 0 Å². The molecule has 2 rings (SSSR count). The summed E-state index contributed by atoms with van der Waals surface area (Å²) in [4.78, 5) is 13.2. The molecule has 17 heavy (non-hydrogen) atoms. The highest BCUT2D eigenvalue weighted by Gasteiger charge is 2.19. The lowest BCUT2D eigenvalue weighted by molar-refractivity contribution is 0.209. The fourth-order valence-electron chi connectivity index (χ4n) is 2.05. The van der Waals surface area contributed by atoms with Crippen molar-refractivity contribution in [2.24, 2.45) is 5.84 Å². The summed E-state index contributed by atoms with van der Waals surface area (Å²) in [5, 5.41) is 0. The van der Waals surface area contributed by atoms with Crippen molar-refractivity contribution < 1.29 is 0 Å². The smallest absolute Gasteiger partial charge is 0.160 e. The van der Waals surface area contributed by atoms with E-state index in [-0.39, 0.29) is 0 Å². The van der Waals surface area contributed by atoms with Crippen LogP contribution in [-0.2, 0) is 0 Å². The van der Waals surface area contributed by atoms with Crippen molar-refractivity contribution in [1.82, 2.24) is 14.9 Å². The molecule has 3 N–H and O–H groups in total. The van der Waals surface area contributed by atoms with Crippen LogP contribution in [0.5, 0.6) is 0 Å². The van der Waals surface area contributed by atoms with Crippen LogP contribution in [0.25, 0.3) is 0 Å². The Morgan fingerprint density at radius 3 is 2.53 bits per heavy atom. The van der Waals surface area contributed by atoms with E-state index in [1.165, 1.54) is 0 Å². The second-order valence-electron chi connectivity index (χ2n) is 4.52. The number of aromatic nitrogens is 2. The Morgan fingerprint density at radius 2 is 1.94 bits per heavy atom. The molecule has 6 nitrogen and oxygen atoms in total. The Kier molecular flexibility index (Phi) is 3.75. The highest BCUT2D eigenvalue weighted by Crippen LogP contribution is 2.15. The number of hydrazine groups is 1. The maximum Gasteiger partial charge on any atom is 0.160 e. The van der Waals surface area contributed by atoms with Crippen LogP contribution in [0, 0.1) is 0 Å². The fourth-order valence-corrected chi connectivity index (χ4v) is 2.05. The summed E-state index contributed by atoms with van der Waals surface area (Å²) in [5.41, 5.74) is 2.52. The van der Waals surface area contributed by atoms with E-state index in [0.29, 0.717) is 11.9 Å². The Hall–Kier alpha value is -1.40. The van der Waals surface area contributed by atoms with Gasteiger partial charge in [-0.3, -0.25) is 9.88 Å². The second-order valence-corrected chi connectivity index (χ2v) is 4.52. The van der Waals surface area contributed by atoms with Gasteiger partial charge >= 0.3 is 0 Å². The van der Waals surface area contributed by atoms with Crippen molar-refractivity contribution >= 4 is 11.6 Å². The largest absolute Gasteiger partial charge is 0.353 e. The summed E-state index contributed by atoms with van der Waals surface area (Å²) in [6, 6.07) is 0.611. The van der Waals surface area contributed by atoms with Gasteiger partial charge < -0.3 is 10.3 Å². The fraction of sp³-hybridized carbons (Fsp3) is 0.636. The van der Waals surface area contributed by atoms with Gasteiger partial charge in [0.25, 0.3) is 0 Å². The topological polar surface area (TPSA) is 70.3 Å². The SMILES string of the molecule is CC(C)N1CCN(c2cncc(NN)n2)CC1. The Balaban J connectivity index is 2.00. The third kappa shape index (κ3) is 2.83. The molecule has 94 valence electrons. The number of piperazine rings is 1. The molecule has 1 aromatic heterocycles. The summed E-state index contributed by atoms with van der Waals surface area (Å²) < 4.78 is 0. The van der Waals surface area contributed by atoms with Crippen LogP contribution in [0.15, 0.2) is 12.4 Å². The number of rotatable bonds is 3. The number of hydrogen-bond acceptors (Lipinski definition) is 6. The average molecular weight is 236 g/mol. The molecular formula is C11H20N6. The van der Waals surface area contributed by atoms with Crippen molar-refractivity contribution in [3.05, 3.63) is 12.4 Å². The van der Waals surface area contributed by atoms with Crippen LogP contribution in [0.4, 0.5) is 11.6 Å². The van der Waals surface area contributed by atoms with Gasteiger partial charge in [0.1, 0.15) is 5.82 Å². The average Bonchev–Trinajstić information content (AvgIpc) is 2.39. The normalized spacial score (nSPS) is 17.5. The lowest BCUT2D eigenvalue weighted by Gasteiger charge is -2.37. The summed E-state index contributed by atoms with van der Waals surface area (Å²) in [7, 11) is 0. The van der Waals surface area contributed by atoms with E-state index < -0.39 is 0 Å². The quantitative estimate of drug-likeness (QED) is 0.581. The van der Waals surface area contributed by atoms with Gasteiger partial charge in [-0.05, 0) is 13.8 Å². The van der Waals surface area contributed by atoms with E-state index in [2.05, 4.69) is 39.0 Å². The van der Waals surface area contributed by atoms with Crippen LogP contribution in [-0.4, -0.2) is 47.1 Å². The molecule has 0 unspecified atom stereocenters. The molecule has 1 saturated heterocycles. The third-order valence-electron chi connectivity index (χ3n) is 3.14. The zero-order valence-electron chi connectivity index (χ0n) is 10.4. The number of nitrogen functional groups attached to an aromatic ring is 1. The third-order valence-corrected chi connectivity index (χ3v) is 3.14. The summed E-state index contributed by atoms with van der Waals surface area (Å²) in [6.07, 6.45) is 3.40. The zero-order chi connectivity index (χ0) is 12.3. The molecule has 0 radical (unpaired) electrons. The second kappa shape index (κ2) is 5.29. The molecule has 1 aliphatic rings. The van der Waals surface area contributed by atoms with Crippen LogP contribution in [0.1, 0.15) is 13.8 Å². The zero-order valence-corrected chi connectivity index (χ0v) is 10.4. The van der Waals surface area contributed by atoms with Gasteiger partial charge in [-0.2, -0.15) is 0 Å². The molecule has 0 saturated carbocycles. The molecule has 1 fully saturated rings. The lowest BCUT2D eigenvalue weighted by Crippen LogP contribution is -2.49. The Morgan fingerprint density at radius 1 is 1.24 bits per heavy atom. The number of nitrogens with zero attached hydrogens (tertiary/aromatic N) is 4. The van der Waals surface area contributed by atoms with Crippen molar-refractivity contribution in [2.75, 3.05) is 36.5 Å². The maximum atomic E-state index is 5.33. The molecule has 6 heteroatoms. The van der Waals surface area contributed by atoms with E-state index in [9.17, 15) is 0 Å². The number of nitrogens with two attached hydrogens (primary N) is 1. The van der Waals surface area contributed by atoms with Gasteiger partial charge in [0.05, 0.1) is 12.4 Å². The van der Waals surface area contributed by atoms with Gasteiger partial charge in [0, 0.05) is 32.2 Å². The Labute approximate surface area is 102 Å². The molecule has 0 amide bonds. The van der Waals surface area contributed by atoms with Crippen molar-refractivity contribution in [3.63, 3.8) is 0 Å². The van der Waals surface area contributed by atoms with Gasteiger partial charge in [0.15, 0.2) is 5.82 Å². The van der Waals surface area contributed by atoms with E-state index in [0.717, 1.165) is 32.0 Å². The minimum absolute atomic E-state index is 0.605. The summed E-state index contributed by atoms with van der Waals surface area (Å²) in [6.45, 7) is 8.57. The monoisotopic (exact) mass is 236 g/mol. The molecule has 2 heterocycles. The molecule has 1 aromatic rings. The first kappa shape index (κ1) is 12.1. The summed E-state index contributed by atoms with van der Waals surface area (Å²) >= 11 is 0. The first-order valence-electron chi connectivity index (χ1n) is 5.98. The predicted molar refractivity (Wildman–Crippen MR) is 68.8 cm³/mol. The predicted octanol–water partition coefficient (Wildman–Crippen LogP) is 0.293. The molecule has 1 aliphatic heterocycles. The minimum atomic E-state index is 0.605. The molecule has 0 aliphatic carbocycles. The molecule has 0 bridgehead atoms. The molecule has 0 aromatic carbocycles. The lowest BCUT2D eigenvalue weighted by atomic mass is 10.2. The van der Waals surface area contributed by atoms with Crippen molar-refractivity contribution in [3.8, 4) is 0 Å². The number of hydrogen-bond donors (Lipinski definition) is 2. The van der Waals surface area contributed by atoms with E-state index in [1.807, 2.05) is 0 Å². The highest BCUT2D eigenvalue weighted by atomic mass is 15.3. The molecule has 0 atom stereocenters. The highest BCUT2D eigenvalue weighted by molar-refractivity contribution is 5.43. The van der Waals surface area contributed by atoms with Crippen LogP contribution >= 0.6 is 0 Å². The van der Waals surface area contributed by atoms with Gasteiger partial charge in [-0.25, -0.2) is 10.8 Å². The number of nitrogens with one attached hydrogen (secondary N) is 1. The van der Waals surface area contributed by atoms with E-state index in [1.54, 1.807) is 12.4 Å². The van der Waals surface area contributed by atoms with Crippen LogP contribution in [0.3, 0.4) is 0 Å². The molecule has 0 spiro atoms. The molecular weight excluding hydrogens is 216 g/mol. The standard InChI is InChI=1S/C11H20N6/c1-9(2)16-3-5-17(6-4-16)11-8-13-7-10(14-11)15-12/h7-9H,3-6,12H2,1-2H3,(H,14,15). The van der Waals surface area contributed by atoms with Crippen LogP contribution < -0.4 is 16.2 Å². The van der Waals surface area contributed by atoms with E-state index >= 15 is 0 Å². The van der Waals surface area contributed by atoms with Crippen LogP contribution in [0.2, 0.25) is 0 Å².